The number of hydrazone groups is 1. The second kappa shape index (κ2) is 7.42. The van der Waals surface area contributed by atoms with Gasteiger partial charge in [-0.05, 0) is 45.1 Å². The number of rotatable bonds is 4. The van der Waals surface area contributed by atoms with Gasteiger partial charge in [-0.1, -0.05) is 30.4 Å². The van der Waals surface area contributed by atoms with Crippen molar-refractivity contribution in [3.8, 4) is 0 Å². The van der Waals surface area contributed by atoms with E-state index in [4.69, 9.17) is 0 Å². The summed E-state index contributed by atoms with van der Waals surface area (Å²) in [5.41, 5.74) is 2.57. The van der Waals surface area contributed by atoms with Crippen LogP contribution in [0.25, 0.3) is 10.8 Å². The number of nitrogens with one attached hydrogen (secondary N) is 1. The van der Waals surface area contributed by atoms with E-state index in [1.54, 1.807) is 30.5 Å². The molecule has 0 radical (unpaired) electrons. The number of allylic oxidation sites excluding steroid dienone is 2. The Morgan fingerprint density at radius 1 is 1.32 bits per heavy atom. The molecule has 0 unspecified atom stereocenters. The highest BCUT2D eigenvalue weighted by Gasteiger charge is 2.17. The first-order valence-corrected chi connectivity index (χ1v) is 8.58. The van der Waals surface area contributed by atoms with Crippen LogP contribution in [-0.2, 0) is 0 Å². The van der Waals surface area contributed by atoms with Gasteiger partial charge in [-0.3, -0.25) is 9.59 Å². The van der Waals surface area contributed by atoms with E-state index in [-0.39, 0.29) is 17.3 Å². The third-order valence-electron chi connectivity index (χ3n) is 4.29. The van der Waals surface area contributed by atoms with E-state index in [0.717, 1.165) is 19.3 Å². The van der Waals surface area contributed by atoms with Crippen LogP contribution in [0.2, 0.25) is 0 Å². The summed E-state index contributed by atoms with van der Waals surface area (Å²) in [6.07, 6.45) is 9.09. The molecule has 130 valence electrons. The smallest absolute Gasteiger partial charge is 0.267 e. The van der Waals surface area contributed by atoms with Crippen LogP contribution in [-0.4, -0.2) is 21.9 Å². The number of hydrogen-bond donors (Lipinski definition) is 1. The van der Waals surface area contributed by atoms with Crippen LogP contribution in [0.3, 0.4) is 0 Å². The van der Waals surface area contributed by atoms with Crippen LogP contribution in [0.4, 0.5) is 0 Å². The van der Waals surface area contributed by atoms with Gasteiger partial charge in [0.1, 0.15) is 0 Å². The van der Waals surface area contributed by atoms with Crippen molar-refractivity contribution >= 4 is 22.9 Å². The van der Waals surface area contributed by atoms with Crippen molar-refractivity contribution in [1.82, 2.24) is 15.2 Å². The maximum Gasteiger partial charge on any atom is 0.292 e. The number of fused-ring (bicyclic) bond motifs is 1. The zero-order valence-corrected chi connectivity index (χ0v) is 14.5. The average molecular weight is 338 g/mol. The lowest BCUT2D eigenvalue weighted by Gasteiger charge is -2.13. The minimum absolute atomic E-state index is 0.138. The summed E-state index contributed by atoms with van der Waals surface area (Å²) < 4.78 is 1.34. The Balaban J connectivity index is 1.90. The lowest BCUT2D eigenvalue weighted by atomic mass is 9.96. The molecule has 2 aromatic rings. The van der Waals surface area contributed by atoms with Crippen LogP contribution in [0, 0.1) is 5.92 Å². The van der Waals surface area contributed by atoms with Crippen LogP contribution >= 0.6 is 0 Å². The van der Waals surface area contributed by atoms with Gasteiger partial charge in [-0.15, -0.1) is 0 Å². The van der Waals surface area contributed by atoms with Gasteiger partial charge in [0, 0.05) is 11.6 Å². The summed E-state index contributed by atoms with van der Waals surface area (Å²) in [4.78, 5) is 25.1. The summed E-state index contributed by atoms with van der Waals surface area (Å²) >= 11 is 0. The molecule has 0 aliphatic heterocycles. The summed E-state index contributed by atoms with van der Waals surface area (Å²) in [6.45, 7) is 3.72. The van der Waals surface area contributed by atoms with Gasteiger partial charge in [0.2, 0.25) is 0 Å². The molecule has 1 aliphatic rings. The molecule has 6 heteroatoms. The highest BCUT2D eigenvalue weighted by molar-refractivity contribution is 6.04. The van der Waals surface area contributed by atoms with E-state index in [0.29, 0.717) is 16.7 Å². The second-order valence-corrected chi connectivity index (χ2v) is 6.50. The fourth-order valence-corrected chi connectivity index (χ4v) is 2.93. The Kier molecular flexibility index (Phi) is 5.07. The number of carbonyl (C=O) groups excluding carboxylic acids is 1. The van der Waals surface area contributed by atoms with Gasteiger partial charge >= 0.3 is 0 Å². The fourth-order valence-electron chi connectivity index (χ4n) is 2.93. The van der Waals surface area contributed by atoms with E-state index in [9.17, 15) is 9.59 Å². The summed E-state index contributed by atoms with van der Waals surface area (Å²) in [7, 11) is 0. The first-order valence-electron chi connectivity index (χ1n) is 8.58. The quantitative estimate of drug-likeness (QED) is 0.529. The molecule has 1 aromatic carbocycles. The van der Waals surface area contributed by atoms with E-state index in [1.165, 1.54) is 4.68 Å². The predicted octanol–water partition coefficient (Wildman–Crippen LogP) is 3.05. The molecule has 1 aromatic heterocycles. The summed E-state index contributed by atoms with van der Waals surface area (Å²) in [5, 5.41) is 9.39. The first-order chi connectivity index (χ1) is 12.1. The fraction of sp³-hybridized carbons (Fsp3) is 0.368. The second-order valence-electron chi connectivity index (χ2n) is 6.50. The lowest BCUT2D eigenvalue weighted by molar-refractivity contribution is 0.0949. The average Bonchev–Trinajstić information content (AvgIpc) is 2.62. The normalized spacial score (nSPS) is 17.5. The highest BCUT2D eigenvalue weighted by Crippen LogP contribution is 2.16. The molecule has 6 nitrogen and oxygen atoms in total. The molecule has 1 N–H and O–H groups in total. The van der Waals surface area contributed by atoms with Gasteiger partial charge in [0.15, 0.2) is 5.69 Å². The van der Waals surface area contributed by atoms with Gasteiger partial charge in [-0.25, -0.2) is 10.1 Å². The Morgan fingerprint density at radius 3 is 2.76 bits per heavy atom. The van der Waals surface area contributed by atoms with E-state index < -0.39 is 5.91 Å². The molecule has 1 heterocycles. The number of hydrogen-bond acceptors (Lipinski definition) is 4. The summed E-state index contributed by atoms with van der Waals surface area (Å²) in [6, 6.07) is 6.88. The maximum atomic E-state index is 12.6. The Hall–Kier alpha value is -2.76. The Morgan fingerprint density at radius 2 is 2.08 bits per heavy atom. The zero-order chi connectivity index (χ0) is 17.8. The molecule has 1 aliphatic carbocycles. The minimum Gasteiger partial charge on any atom is -0.267 e. The topological polar surface area (TPSA) is 76.3 Å². The summed E-state index contributed by atoms with van der Waals surface area (Å²) in [5.74, 6) is -0.0622. The van der Waals surface area contributed by atoms with E-state index in [1.807, 2.05) is 13.8 Å². The van der Waals surface area contributed by atoms with Crippen molar-refractivity contribution in [2.45, 2.75) is 39.2 Å². The first kappa shape index (κ1) is 17.1. The number of nitrogens with zero attached hydrogens (tertiary/aromatic N) is 3. The maximum absolute atomic E-state index is 12.6. The van der Waals surface area contributed by atoms with Crippen molar-refractivity contribution < 1.29 is 4.79 Å². The highest BCUT2D eigenvalue weighted by atomic mass is 16.2. The van der Waals surface area contributed by atoms with E-state index >= 15 is 0 Å². The third-order valence-corrected chi connectivity index (χ3v) is 4.29. The van der Waals surface area contributed by atoms with Crippen molar-refractivity contribution in [3.05, 3.63) is 52.5 Å². The van der Waals surface area contributed by atoms with Gasteiger partial charge in [0.25, 0.3) is 11.5 Å². The van der Waals surface area contributed by atoms with Gasteiger partial charge < -0.3 is 0 Å². The minimum atomic E-state index is -0.409. The monoisotopic (exact) mass is 338 g/mol. The van der Waals surface area contributed by atoms with Crippen molar-refractivity contribution in [2.75, 3.05) is 0 Å². The molecule has 0 spiro atoms. The van der Waals surface area contributed by atoms with Crippen molar-refractivity contribution in [2.24, 2.45) is 11.0 Å². The number of aromatic nitrogens is 2. The molecule has 0 bridgehead atoms. The standard InChI is InChI=1S/C19H22N4O2/c1-13(2)23-19(25)16-11-7-6-10-15(16)17(22-23)18(24)21-20-12-14-8-4-3-5-9-14/h3-4,6-7,10-14H,5,8-9H2,1-2H3,(H,21,24)/b20-12-/t14-/m0/s1. The van der Waals surface area contributed by atoms with E-state index in [2.05, 4.69) is 27.8 Å². The molecule has 0 fully saturated rings. The third kappa shape index (κ3) is 3.68. The lowest BCUT2D eigenvalue weighted by Crippen LogP contribution is -2.30. The van der Waals surface area contributed by atoms with Crippen LogP contribution in [0.1, 0.15) is 49.6 Å². The number of amides is 1. The molecule has 1 amide bonds. The van der Waals surface area contributed by atoms with Crippen molar-refractivity contribution in [1.29, 1.82) is 0 Å². The molecule has 0 saturated carbocycles. The Labute approximate surface area is 146 Å². The van der Waals surface area contributed by atoms with Crippen LogP contribution in [0.15, 0.2) is 46.3 Å². The number of carbonyl (C=O) groups is 1. The van der Waals surface area contributed by atoms with Gasteiger partial charge in [0.05, 0.1) is 11.4 Å². The number of benzene rings is 1. The predicted molar refractivity (Wildman–Crippen MR) is 98.8 cm³/mol. The SMILES string of the molecule is CC(C)n1nc(C(=O)N/N=C\[C@H]2CC=CCC2)c2ccccc2c1=O. The molecule has 25 heavy (non-hydrogen) atoms. The molecule has 3 rings (SSSR count). The molecular formula is C19H22N4O2. The molecule has 0 saturated heterocycles. The molecular weight excluding hydrogens is 316 g/mol. The Bertz CT molecular complexity index is 896. The largest absolute Gasteiger partial charge is 0.292 e. The molecule has 1 atom stereocenters. The zero-order valence-electron chi connectivity index (χ0n) is 14.5. The van der Waals surface area contributed by atoms with Crippen LogP contribution in [0.5, 0.6) is 0 Å². The van der Waals surface area contributed by atoms with Crippen LogP contribution < -0.4 is 11.0 Å². The van der Waals surface area contributed by atoms with Crippen molar-refractivity contribution in [3.63, 3.8) is 0 Å². The van der Waals surface area contributed by atoms with Gasteiger partial charge in [-0.2, -0.15) is 10.2 Å².